The lowest BCUT2D eigenvalue weighted by molar-refractivity contribution is -0.186. The van der Waals surface area contributed by atoms with E-state index in [1.807, 2.05) is 0 Å². The molecule has 1 saturated carbocycles. The van der Waals surface area contributed by atoms with E-state index in [0.717, 1.165) is 0 Å². The van der Waals surface area contributed by atoms with Gasteiger partial charge in [-0.15, -0.1) is 0 Å². The van der Waals surface area contributed by atoms with Crippen LogP contribution in [-0.2, 0) is 0 Å². The van der Waals surface area contributed by atoms with Crippen molar-refractivity contribution in [1.29, 1.82) is 0 Å². The van der Waals surface area contributed by atoms with Crippen molar-refractivity contribution in [2.75, 3.05) is 0 Å². The average Bonchev–Trinajstić information content (AvgIpc) is 2.39. The lowest BCUT2D eigenvalue weighted by atomic mass is 9.76. The molecular formula is C14H18F4N2. The van der Waals surface area contributed by atoms with Gasteiger partial charge in [-0.3, -0.25) is 11.3 Å². The first-order chi connectivity index (χ1) is 9.41. The van der Waals surface area contributed by atoms with Crippen molar-refractivity contribution in [3.05, 3.63) is 35.6 Å². The molecule has 0 bridgehead atoms. The van der Waals surface area contributed by atoms with E-state index in [2.05, 4.69) is 5.43 Å². The number of hydrogen-bond acceptors (Lipinski definition) is 2. The fourth-order valence-corrected chi connectivity index (χ4v) is 3.03. The van der Waals surface area contributed by atoms with Gasteiger partial charge in [-0.05, 0) is 42.9 Å². The molecule has 112 valence electrons. The Bertz CT molecular complexity index is 447. The van der Waals surface area contributed by atoms with Crippen LogP contribution >= 0.6 is 0 Å². The molecule has 1 aromatic carbocycles. The van der Waals surface area contributed by atoms with E-state index in [0.29, 0.717) is 18.4 Å². The predicted molar refractivity (Wildman–Crippen MR) is 68.0 cm³/mol. The Labute approximate surface area is 115 Å². The van der Waals surface area contributed by atoms with Crippen LogP contribution < -0.4 is 11.3 Å². The van der Waals surface area contributed by atoms with Crippen molar-refractivity contribution >= 4 is 0 Å². The molecule has 0 aliphatic heterocycles. The Morgan fingerprint density at radius 2 is 2.00 bits per heavy atom. The van der Waals surface area contributed by atoms with E-state index >= 15 is 0 Å². The third-order valence-corrected chi connectivity index (χ3v) is 4.04. The summed E-state index contributed by atoms with van der Waals surface area (Å²) in [5.74, 6) is 3.55. The van der Waals surface area contributed by atoms with Crippen LogP contribution in [0, 0.1) is 17.7 Å². The molecule has 1 aliphatic carbocycles. The first-order valence-electron chi connectivity index (χ1n) is 6.70. The van der Waals surface area contributed by atoms with E-state index < -0.39 is 24.0 Å². The molecule has 6 heteroatoms. The molecule has 2 nitrogen and oxygen atoms in total. The van der Waals surface area contributed by atoms with Gasteiger partial charge in [-0.2, -0.15) is 13.2 Å². The zero-order chi connectivity index (χ0) is 14.8. The molecule has 3 atom stereocenters. The number of halogens is 4. The fraction of sp³-hybridized carbons (Fsp3) is 0.571. The topological polar surface area (TPSA) is 38.0 Å². The molecule has 20 heavy (non-hydrogen) atoms. The molecule has 0 radical (unpaired) electrons. The summed E-state index contributed by atoms with van der Waals surface area (Å²) in [6.07, 6.45) is -2.78. The predicted octanol–water partition coefficient (Wildman–Crippen LogP) is 3.70. The van der Waals surface area contributed by atoms with E-state index in [1.54, 1.807) is 12.1 Å². The first kappa shape index (κ1) is 15.3. The largest absolute Gasteiger partial charge is 0.391 e. The standard InChI is InChI=1S/C14H18F4N2/c15-12-6-2-4-10(8-12)13(20-19)9-3-1-5-11(7-9)14(16,17)18/h2,4,6,8-9,11,13,20H,1,3,5,7,19H2. The second-order valence-corrected chi connectivity index (χ2v) is 5.36. The Kier molecular flexibility index (Phi) is 4.65. The third kappa shape index (κ3) is 3.49. The van der Waals surface area contributed by atoms with Gasteiger partial charge in [0.1, 0.15) is 5.82 Å². The van der Waals surface area contributed by atoms with Crippen molar-refractivity contribution in [3.8, 4) is 0 Å². The highest BCUT2D eigenvalue weighted by Gasteiger charge is 2.43. The van der Waals surface area contributed by atoms with Crippen molar-refractivity contribution in [2.24, 2.45) is 17.7 Å². The zero-order valence-corrected chi connectivity index (χ0v) is 11.0. The average molecular weight is 290 g/mol. The quantitative estimate of drug-likeness (QED) is 0.506. The first-order valence-corrected chi connectivity index (χ1v) is 6.70. The Hall–Kier alpha value is -1.14. The van der Waals surface area contributed by atoms with Crippen LogP contribution in [0.2, 0.25) is 0 Å². The molecule has 3 N–H and O–H groups in total. The SMILES string of the molecule is NNC(c1cccc(F)c1)C1CCCC(C(F)(F)F)C1. The summed E-state index contributed by atoms with van der Waals surface area (Å²) in [6, 6.07) is 5.40. The van der Waals surface area contributed by atoms with Gasteiger partial charge in [0.05, 0.1) is 5.92 Å². The third-order valence-electron chi connectivity index (χ3n) is 4.04. The highest BCUT2D eigenvalue weighted by molar-refractivity contribution is 5.21. The Morgan fingerprint density at radius 1 is 1.25 bits per heavy atom. The number of nitrogens with two attached hydrogens (primary N) is 1. The minimum Gasteiger partial charge on any atom is -0.271 e. The summed E-state index contributed by atoms with van der Waals surface area (Å²) < 4.78 is 51.8. The van der Waals surface area contributed by atoms with Crippen LogP contribution in [0.25, 0.3) is 0 Å². The number of hydrogen-bond donors (Lipinski definition) is 2. The lowest BCUT2D eigenvalue weighted by Crippen LogP contribution is -2.38. The highest BCUT2D eigenvalue weighted by atomic mass is 19.4. The smallest absolute Gasteiger partial charge is 0.271 e. The maximum Gasteiger partial charge on any atom is 0.391 e. The summed E-state index contributed by atoms with van der Waals surface area (Å²) in [6.45, 7) is 0. The van der Waals surface area contributed by atoms with Crippen LogP contribution in [0.15, 0.2) is 24.3 Å². The summed E-state index contributed by atoms with van der Waals surface area (Å²) in [5.41, 5.74) is 3.15. The molecule has 0 amide bonds. The summed E-state index contributed by atoms with van der Waals surface area (Å²) in [7, 11) is 0. The second kappa shape index (κ2) is 6.10. The summed E-state index contributed by atoms with van der Waals surface area (Å²) in [4.78, 5) is 0. The van der Waals surface area contributed by atoms with Gasteiger partial charge in [-0.1, -0.05) is 18.6 Å². The monoisotopic (exact) mass is 290 g/mol. The molecule has 3 unspecified atom stereocenters. The van der Waals surface area contributed by atoms with Crippen LogP contribution in [0.3, 0.4) is 0 Å². The molecule has 0 saturated heterocycles. The van der Waals surface area contributed by atoms with Crippen LogP contribution in [0.1, 0.15) is 37.3 Å². The van der Waals surface area contributed by atoms with Gasteiger partial charge in [0, 0.05) is 6.04 Å². The van der Waals surface area contributed by atoms with Crippen molar-refractivity contribution < 1.29 is 17.6 Å². The lowest BCUT2D eigenvalue weighted by Gasteiger charge is -2.35. The number of alkyl halides is 3. The maximum absolute atomic E-state index is 13.2. The van der Waals surface area contributed by atoms with Crippen LogP contribution in [-0.4, -0.2) is 6.18 Å². The maximum atomic E-state index is 13.2. The van der Waals surface area contributed by atoms with Crippen molar-refractivity contribution in [2.45, 2.75) is 37.9 Å². The normalized spacial score (nSPS) is 25.4. The number of hydrazine groups is 1. The fourth-order valence-electron chi connectivity index (χ4n) is 3.03. The molecule has 0 spiro atoms. The van der Waals surface area contributed by atoms with Crippen LogP contribution in [0.4, 0.5) is 17.6 Å². The number of nitrogens with one attached hydrogen (secondary N) is 1. The molecule has 2 rings (SSSR count). The minimum atomic E-state index is -4.17. The van der Waals surface area contributed by atoms with E-state index in [4.69, 9.17) is 5.84 Å². The molecule has 0 aromatic heterocycles. The highest BCUT2D eigenvalue weighted by Crippen LogP contribution is 2.43. The van der Waals surface area contributed by atoms with E-state index in [-0.39, 0.29) is 18.8 Å². The number of benzene rings is 1. The number of rotatable bonds is 3. The molecular weight excluding hydrogens is 272 g/mol. The van der Waals surface area contributed by atoms with E-state index in [9.17, 15) is 17.6 Å². The molecule has 1 aliphatic rings. The molecule has 1 fully saturated rings. The van der Waals surface area contributed by atoms with Gasteiger partial charge >= 0.3 is 6.18 Å². The second-order valence-electron chi connectivity index (χ2n) is 5.36. The van der Waals surface area contributed by atoms with E-state index in [1.165, 1.54) is 12.1 Å². The van der Waals surface area contributed by atoms with Gasteiger partial charge in [0.25, 0.3) is 0 Å². The van der Waals surface area contributed by atoms with Gasteiger partial charge < -0.3 is 0 Å². The van der Waals surface area contributed by atoms with Crippen molar-refractivity contribution in [3.63, 3.8) is 0 Å². The Morgan fingerprint density at radius 3 is 2.60 bits per heavy atom. The Balaban J connectivity index is 2.15. The molecule has 0 heterocycles. The zero-order valence-electron chi connectivity index (χ0n) is 11.0. The summed E-state index contributed by atoms with van der Waals surface area (Å²) >= 11 is 0. The molecule has 1 aromatic rings. The van der Waals surface area contributed by atoms with Crippen LogP contribution in [0.5, 0.6) is 0 Å². The van der Waals surface area contributed by atoms with Gasteiger partial charge in [0.15, 0.2) is 0 Å². The summed E-state index contributed by atoms with van der Waals surface area (Å²) in [5, 5.41) is 0. The van der Waals surface area contributed by atoms with Gasteiger partial charge in [0.2, 0.25) is 0 Å². The van der Waals surface area contributed by atoms with Crippen molar-refractivity contribution in [1.82, 2.24) is 5.43 Å². The minimum absolute atomic E-state index is 0.0366. The van der Waals surface area contributed by atoms with Gasteiger partial charge in [-0.25, -0.2) is 4.39 Å².